The van der Waals surface area contributed by atoms with Gasteiger partial charge in [-0.3, -0.25) is 4.79 Å². The molecule has 0 saturated carbocycles. The molecule has 0 aliphatic rings. The molecule has 3 nitrogen and oxygen atoms in total. The van der Waals surface area contributed by atoms with Gasteiger partial charge < -0.3 is 10.1 Å². The first-order valence-electron chi connectivity index (χ1n) is 8.55. The quantitative estimate of drug-likeness (QED) is 0.794. The maximum Gasteiger partial charge on any atom is 0.220 e. The number of nitrogens with one attached hydrogen (secondary N) is 1. The first-order chi connectivity index (χ1) is 11.6. The summed E-state index contributed by atoms with van der Waals surface area (Å²) in [4.78, 5) is 12.1. The Morgan fingerprint density at radius 2 is 1.83 bits per heavy atom. The van der Waals surface area contributed by atoms with Crippen LogP contribution in [0.15, 0.2) is 48.5 Å². The minimum absolute atomic E-state index is 0.115. The number of methoxy groups -OCH3 is 1. The van der Waals surface area contributed by atoms with Crippen LogP contribution in [0.4, 0.5) is 0 Å². The maximum absolute atomic E-state index is 12.1. The highest BCUT2D eigenvalue weighted by Crippen LogP contribution is 2.19. The van der Waals surface area contributed by atoms with Crippen LogP contribution in [0.1, 0.15) is 36.5 Å². The zero-order valence-corrected chi connectivity index (χ0v) is 14.8. The van der Waals surface area contributed by atoms with E-state index < -0.39 is 0 Å². The van der Waals surface area contributed by atoms with Gasteiger partial charge in [-0.2, -0.15) is 0 Å². The van der Waals surface area contributed by atoms with Gasteiger partial charge in [-0.15, -0.1) is 0 Å². The van der Waals surface area contributed by atoms with Gasteiger partial charge in [-0.05, 0) is 55.9 Å². The van der Waals surface area contributed by atoms with Gasteiger partial charge in [0.25, 0.3) is 0 Å². The maximum atomic E-state index is 12.1. The number of rotatable bonds is 8. The molecule has 1 unspecified atom stereocenters. The van der Waals surface area contributed by atoms with Crippen LogP contribution in [0.5, 0.6) is 5.75 Å². The van der Waals surface area contributed by atoms with Crippen molar-refractivity contribution in [2.24, 2.45) is 0 Å². The fourth-order valence-electron chi connectivity index (χ4n) is 2.80. The average Bonchev–Trinajstić information content (AvgIpc) is 2.59. The monoisotopic (exact) mass is 325 g/mol. The second-order valence-corrected chi connectivity index (χ2v) is 6.30. The van der Waals surface area contributed by atoms with Gasteiger partial charge in [0.2, 0.25) is 5.91 Å². The van der Waals surface area contributed by atoms with Gasteiger partial charge in [0.15, 0.2) is 0 Å². The Morgan fingerprint density at radius 1 is 1.08 bits per heavy atom. The zero-order valence-electron chi connectivity index (χ0n) is 14.8. The summed E-state index contributed by atoms with van der Waals surface area (Å²) in [6.07, 6.45) is 3.21. The highest BCUT2D eigenvalue weighted by atomic mass is 16.5. The van der Waals surface area contributed by atoms with Crippen molar-refractivity contribution in [2.75, 3.05) is 7.11 Å². The van der Waals surface area contributed by atoms with Crippen LogP contribution < -0.4 is 10.1 Å². The van der Waals surface area contributed by atoms with Crippen molar-refractivity contribution in [1.29, 1.82) is 0 Å². The molecule has 128 valence electrons. The third-order valence-electron chi connectivity index (χ3n) is 4.22. The number of ether oxygens (including phenoxy) is 1. The molecule has 0 spiro atoms. The summed E-state index contributed by atoms with van der Waals surface area (Å²) in [6.45, 7) is 4.09. The van der Waals surface area contributed by atoms with E-state index in [0.29, 0.717) is 6.42 Å². The van der Waals surface area contributed by atoms with E-state index in [4.69, 9.17) is 4.74 Å². The van der Waals surface area contributed by atoms with Gasteiger partial charge >= 0.3 is 0 Å². The van der Waals surface area contributed by atoms with Gasteiger partial charge in [0, 0.05) is 12.5 Å². The van der Waals surface area contributed by atoms with E-state index in [2.05, 4.69) is 42.6 Å². The van der Waals surface area contributed by atoms with Crippen LogP contribution in [0.25, 0.3) is 0 Å². The van der Waals surface area contributed by atoms with Gasteiger partial charge in [0.1, 0.15) is 5.75 Å². The van der Waals surface area contributed by atoms with Crippen molar-refractivity contribution < 1.29 is 9.53 Å². The van der Waals surface area contributed by atoms with Crippen molar-refractivity contribution in [3.63, 3.8) is 0 Å². The summed E-state index contributed by atoms with van der Waals surface area (Å²) in [5.41, 5.74) is 3.58. The Kier molecular flexibility index (Phi) is 6.86. The SMILES string of the molecule is COc1ccc(CCC(=O)NC(C)CCc2ccccc2)cc1C. The van der Waals surface area contributed by atoms with Crippen LogP contribution in [-0.4, -0.2) is 19.1 Å². The van der Waals surface area contributed by atoms with Crippen LogP contribution in [-0.2, 0) is 17.6 Å². The topological polar surface area (TPSA) is 38.3 Å². The molecule has 2 aromatic rings. The molecular formula is C21H27NO2. The Hall–Kier alpha value is -2.29. The molecule has 1 amide bonds. The Balaban J connectivity index is 1.73. The summed E-state index contributed by atoms with van der Waals surface area (Å²) in [6, 6.07) is 16.6. The number of hydrogen-bond donors (Lipinski definition) is 1. The highest BCUT2D eigenvalue weighted by Gasteiger charge is 2.08. The van der Waals surface area contributed by atoms with E-state index in [-0.39, 0.29) is 11.9 Å². The molecule has 3 heteroatoms. The number of carbonyl (C=O) groups is 1. The van der Waals surface area contributed by atoms with Crippen molar-refractivity contribution in [1.82, 2.24) is 5.32 Å². The third-order valence-corrected chi connectivity index (χ3v) is 4.22. The van der Waals surface area contributed by atoms with Crippen LogP contribution in [0.3, 0.4) is 0 Å². The first kappa shape index (κ1) is 18.1. The van der Waals surface area contributed by atoms with Gasteiger partial charge in [-0.25, -0.2) is 0 Å². The predicted octanol–water partition coefficient (Wildman–Crippen LogP) is 4.07. The third kappa shape index (κ3) is 5.73. The number of benzene rings is 2. The summed E-state index contributed by atoms with van der Waals surface area (Å²) >= 11 is 0. The predicted molar refractivity (Wildman–Crippen MR) is 98.4 cm³/mol. The minimum atomic E-state index is 0.115. The number of amides is 1. The molecule has 24 heavy (non-hydrogen) atoms. The Labute approximate surface area is 145 Å². The summed E-state index contributed by atoms with van der Waals surface area (Å²) < 4.78 is 5.26. The van der Waals surface area contributed by atoms with Crippen molar-refractivity contribution in [2.45, 2.75) is 45.6 Å². The number of carbonyl (C=O) groups excluding carboxylic acids is 1. The zero-order chi connectivity index (χ0) is 17.4. The number of hydrogen-bond acceptors (Lipinski definition) is 2. The molecule has 0 aliphatic carbocycles. The van der Waals surface area contributed by atoms with E-state index in [1.54, 1.807) is 7.11 Å². The lowest BCUT2D eigenvalue weighted by Crippen LogP contribution is -2.33. The molecule has 2 rings (SSSR count). The normalized spacial score (nSPS) is 11.8. The largest absolute Gasteiger partial charge is 0.496 e. The molecule has 0 aliphatic heterocycles. The standard InChI is InChI=1S/C21H27NO2/c1-16-15-19(11-13-20(16)24-3)12-14-21(23)22-17(2)9-10-18-7-5-4-6-8-18/h4-8,11,13,15,17H,9-10,12,14H2,1-3H3,(H,22,23). The van der Waals surface area contributed by atoms with E-state index in [1.165, 1.54) is 11.1 Å². The van der Waals surface area contributed by atoms with E-state index >= 15 is 0 Å². The fourth-order valence-corrected chi connectivity index (χ4v) is 2.80. The fraction of sp³-hybridized carbons (Fsp3) is 0.381. The average molecular weight is 325 g/mol. The molecule has 2 aromatic carbocycles. The molecule has 0 heterocycles. The Bertz CT molecular complexity index is 652. The molecule has 0 saturated heterocycles. The van der Waals surface area contributed by atoms with Gasteiger partial charge in [-0.1, -0.05) is 42.5 Å². The highest BCUT2D eigenvalue weighted by molar-refractivity contribution is 5.76. The second-order valence-electron chi connectivity index (χ2n) is 6.30. The molecular weight excluding hydrogens is 298 g/mol. The molecule has 0 bridgehead atoms. The summed E-state index contributed by atoms with van der Waals surface area (Å²) in [5.74, 6) is 1.00. The first-order valence-corrected chi connectivity index (χ1v) is 8.55. The lowest BCUT2D eigenvalue weighted by Gasteiger charge is -2.14. The summed E-state index contributed by atoms with van der Waals surface area (Å²) in [7, 11) is 1.67. The van der Waals surface area contributed by atoms with Crippen molar-refractivity contribution >= 4 is 5.91 Å². The van der Waals surface area contributed by atoms with Crippen LogP contribution >= 0.6 is 0 Å². The molecule has 1 N–H and O–H groups in total. The lowest BCUT2D eigenvalue weighted by atomic mass is 10.0. The molecule has 0 aromatic heterocycles. The van der Waals surface area contributed by atoms with Crippen LogP contribution in [0.2, 0.25) is 0 Å². The molecule has 0 fully saturated rings. The van der Waals surface area contributed by atoms with Crippen LogP contribution in [0, 0.1) is 6.92 Å². The second kappa shape index (κ2) is 9.11. The minimum Gasteiger partial charge on any atom is -0.496 e. The molecule has 1 atom stereocenters. The van der Waals surface area contributed by atoms with E-state index in [0.717, 1.165) is 30.6 Å². The Morgan fingerprint density at radius 3 is 2.50 bits per heavy atom. The lowest BCUT2D eigenvalue weighted by molar-refractivity contribution is -0.121. The van der Waals surface area contributed by atoms with Crippen molar-refractivity contribution in [3.8, 4) is 5.75 Å². The number of aryl methyl sites for hydroxylation is 3. The summed E-state index contributed by atoms with van der Waals surface area (Å²) in [5, 5.41) is 3.09. The van der Waals surface area contributed by atoms with Crippen molar-refractivity contribution in [3.05, 3.63) is 65.2 Å². The molecule has 0 radical (unpaired) electrons. The van der Waals surface area contributed by atoms with E-state index in [1.807, 2.05) is 25.1 Å². The smallest absolute Gasteiger partial charge is 0.220 e. The van der Waals surface area contributed by atoms with E-state index in [9.17, 15) is 4.79 Å². The van der Waals surface area contributed by atoms with Gasteiger partial charge in [0.05, 0.1) is 7.11 Å².